The van der Waals surface area contributed by atoms with E-state index in [9.17, 15) is 8.42 Å². The van der Waals surface area contributed by atoms with Crippen LogP contribution in [-0.4, -0.2) is 38.4 Å². The maximum Gasteiger partial charge on any atom is 0.279 e. The van der Waals surface area contributed by atoms with Crippen molar-refractivity contribution in [2.75, 3.05) is 19.6 Å². The van der Waals surface area contributed by atoms with Crippen LogP contribution in [0.4, 0.5) is 0 Å². The summed E-state index contributed by atoms with van der Waals surface area (Å²) >= 11 is 0. The molecule has 3 N–H and O–H groups in total. The number of hydrogen-bond donors (Lipinski definition) is 2. The topological polar surface area (TPSA) is 75.4 Å². The normalized spacial score (nSPS) is 29.7. The zero-order valence-corrected chi connectivity index (χ0v) is 12.9. The summed E-state index contributed by atoms with van der Waals surface area (Å²) in [5.41, 5.74) is 5.71. The first-order chi connectivity index (χ1) is 8.85. The van der Waals surface area contributed by atoms with E-state index < -0.39 is 10.2 Å². The lowest BCUT2D eigenvalue weighted by molar-refractivity contribution is 0.263. The predicted octanol–water partition coefficient (Wildman–Crippen LogP) is 1.07. The molecule has 0 amide bonds. The van der Waals surface area contributed by atoms with Gasteiger partial charge < -0.3 is 5.73 Å². The van der Waals surface area contributed by atoms with E-state index in [2.05, 4.69) is 18.6 Å². The highest BCUT2D eigenvalue weighted by Gasteiger charge is 2.38. The first-order valence-electron chi connectivity index (χ1n) is 7.32. The highest BCUT2D eigenvalue weighted by atomic mass is 32.2. The van der Waals surface area contributed by atoms with E-state index in [4.69, 9.17) is 5.73 Å². The second-order valence-electron chi connectivity index (χ2n) is 6.63. The van der Waals surface area contributed by atoms with Crippen molar-refractivity contribution in [3.8, 4) is 0 Å². The van der Waals surface area contributed by atoms with Crippen LogP contribution in [0.15, 0.2) is 0 Å². The minimum absolute atomic E-state index is 0.0721. The van der Waals surface area contributed by atoms with Crippen molar-refractivity contribution in [3.05, 3.63) is 0 Å². The third-order valence-electron chi connectivity index (χ3n) is 4.80. The van der Waals surface area contributed by atoms with Crippen LogP contribution >= 0.6 is 0 Å². The third kappa shape index (κ3) is 3.48. The second-order valence-corrected chi connectivity index (χ2v) is 8.34. The fourth-order valence-electron chi connectivity index (χ4n) is 3.18. The molecule has 0 aromatic carbocycles. The fourth-order valence-corrected chi connectivity index (χ4v) is 4.82. The standard InChI is InChI=1S/C13H27N3O2S/c1-13(2)7-3-4-12(13)15-19(17,18)16-8-5-11(10-14)6-9-16/h11-12,15H,3-10,14H2,1-2H3. The largest absolute Gasteiger partial charge is 0.330 e. The Bertz CT molecular complexity index is 400. The fraction of sp³-hybridized carbons (Fsp3) is 1.00. The van der Waals surface area contributed by atoms with Gasteiger partial charge in [-0.25, -0.2) is 0 Å². The number of piperidine rings is 1. The number of nitrogens with zero attached hydrogens (tertiary/aromatic N) is 1. The second kappa shape index (κ2) is 5.68. The van der Waals surface area contributed by atoms with E-state index in [1.54, 1.807) is 4.31 Å². The van der Waals surface area contributed by atoms with Crippen molar-refractivity contribution in [1.29, 1.82) is 0 Å². The van der Waals surface area contributed by atoms with E-state index >= 15 is 0 Å². The lowest BCUT2D eigenvalue weighted by Gasteiger charge is -2.34. The van der Waals surface area contributed by atoms with E-state index in [1.165, 1.54) is 0 Å². The van der Waals surface area contributed by atoms with Gasteiger partial charge in [-0.15, -0.1) is 0 Å². The summed E-state index contributed by atoms with van der Waals surface area (Å²) < 4.78 is 29.3. The Morgan fingerprint density at radius 1 is 1.26 bits per heavy atom. The third-order valence-corrected chi connectivity index (χ3v) is 6.42. The van der Waals surface area contributed by atoms with Crippen molar-refractivity contribution < 1.29 is 8.42 Å². The molecule has 19 heavy (non-hydrogen) atoms. The first-order valence-corrected chi connectivity index (χ1v) is 8.76. The summed E-state index contributed by atoms with van der Waals surface area (Å²) in [5.74, 6) is 0.481. The Hall–Kier alpha value is -0.170. The molecule has 1 atom stereocenters. The Kier molecular flexibility index (Phi) is 4.55. The van der Waals surface area contributed by atoms with Gasteiger partial charge in [0.05, 0.1) is 0 Å². The summed E-state index contributed by atoms with van der Waals surface area (Å²) in [6.07, 6.45) is 4.91. The Morgan fingerprint density at radius 2 is 1.89 bits per heavy atom. The van der Waals surface area contributed by atoms with Gasteiger partial charge in [0.2, 0.25) is 0 Å². The molecule has 0 aromatic heterocycles. The molecule has 2 aliphatic rings. The predicted molar refractivity (Wildman–Crippen MR) is 76.8 cm³/mol. The number of nitrogens with two attached hydrogens (primary N) is 1. The highest BCUT2D eigenvalue weighted by molar-refractivity contribution is 7.87. The average Bonchev–Trinajstić information content (AvgIpc) is 2.68. The average molecular weight is 289 g/mol. The highest BCUT2D eigenvalue weighted by Crippen LogP contribution is 2.37. The molecular formula is C13H27N3O2S. The summed E-state index contributed by atoms with van der Waals surface area (Å²) in [5, 5.41) is 0. The smallest absolute Gasteiger partial charge is 0.279 e. The Balaban J connectivity index is 1.96. The van der Waals surface area contributed by atoms with Gasteiger partial charge in [0.15, 0.2) is 0 Å². The molecule has 0 radical (unpaired) electrons. The van der Waals surface area contributed by atoms with E-state index in [1.807, 2.05) is 0 Å². The minimum Gasteiger partial charge on any atom is -0.330 e. The Morgan fingerprint density at radius 3 is 2.37 bits per heavy atom. The maximum absolute atomic E-state index is 12.4. The van der Waals surface area contributed by atoms with Crippen molar-refractivity contribution in [1.82, 2.24) is 9.03 Å². The molecule has 0 spiro atoms. The zero-order chi connectivity index (χ0) is 14.1. The number of rotatable bonds is 4. The molecule has 2 fully saturated rings. The molecule has 6 heteroatoms. The van der Waals surface area contributed by atoms with E-state index in [0.29, 0.717) is 25.6 Å². The number of nitrogens with one attached hydrogen (secondary N) is 1. The van der Waals surface area contributed by atoms with Gasteiger partial charge in [-0.3, -0.25) is 0 Å². The maximum atomic E-state index is 12.4. The summed E-state index contributed by atoms with van der Waals surface area (Å²) in [6, 6.07) is 0.0738. The van der Waals surface area contributed by atoms with Gasteiger partial charge in [0.25, 0.3) is 10.2 Å². The van der Waals surface area contributed by atoms with Gasteiger partial charge in [0.1, 0.15) is 0 Å². The molecule has 112 valence electrons. The van der Waals surface area contributed by atoms with Crippen LogP contribution in [0.1, 0.15) is 46.0 Å². The first kappa shape index (κ1) is 15.2. The minimum atomic E-state index is -3.33. The molecule has 1 heterocycles. The summed E-state index contributed by atoms with van der Waals surface area (Å²) in [6.45, 7) is 6.16. The number of hydrogen-bond acceptors (Lipinski definition) is 3. The SMILES string of the molecule is CC1(C)CCCC1NS(=O)(=O)N1CCC(CN)CC1. The zero-order valence-electron chi connectivity index (χ0n) is 12.1. The quantitative estimate of drug-likeness (QED) is 0.813. The van der Waals surface area contributed by atoms with Crippen molar-refractivity contribution in [2.45, 2.75) is 52.0 Å². The van der Waals surface area contributed by atoms with Gasteiger partial charge >= 0.3 is 0 Å². The van der Waals surface area contributed by atoms with Crippen LogP contribution in [0.25, 0.3) is 0 Å². The van der Waals surface area contributed by atoms with Crippen molar-refractivity contribution >= 4 is 10.2 Å². The van der Waals surface area contributed by atoms with Crippen LogP contribution < -0.4 is 10.5 Å². The van der Waals surface area contributed by atoms with Gasteiger partial charge in [-0.2, -0.15) is 17.4 Å². The molecule has 2 rings (SSSR count). The van der Waals surface area contributed by atoms with Crippen LogP contribution in [0.2, 0.25) is 0 Å². The van der Waals surface area contributed by atoms with Crippen LogP contribution in [0, 0.1) is 11.3 Å². The molecule has 1 saturated carbocycles. The lowest BCUT2D eigenvalue weighted by Crippen LogP contribution is -2.51. The van der Waals surface area contributed by atoms with Gasteiger partial charge in [0, 0.05) is 19.1 Å². The molecule has 1 saturated heterocycles. The molecule has 0 aromatic rings. The van der Waals surface area contributed by atoms with Gasteiger partial charge in [-0.1, -0.05) is 20.3 Å². The molecular weight excluding hydrogens is 262 g/mol. The van der Waals surface area contributed by atoms with Crippen LogP contribution in [-0.2, 0) is 10.2 Å². The molecule has 0 bridgehead atoms. The van der Waals surface area contributed by atoms with Crippen molar-refractivity contribution in [3.63, 3.8) is 0 Å². The molecule has 1 aliphatic carbocycles. The lowest BCUT2D eigenvalue weighted by atomic mass is 9.88. The molecule has 1 unspecified atom stereocenters. The Labute approximate surface area is 117 Å². The van der Waals surface area contributed by atoms with Gasteiger partial charge in [-0.05, 0) is 43.6 Å². The van der Waals surface area contributed by atoms with E-state index in [-0.39, 0.29) is 11.5 Å². The van der Waals surface area contributed by atoms with E-state index in [0.717, 1.165) is 32.1 Å². The van der Waals surface area contributed by atoms with Crippen LogP contribution in [0.5, 0.6) is 0 Å². The summed E-state index contributed by atoms with van der Waals surface area (Å²) in [4.78, 5) is 0. The molecule has 1 aliphatic heterocycles. The molecule has 5 nitrogen and oxygen atoms in total. The van der Waals surface area contributed by atoms with Crippen molar-refractivity contribution in [2.24, 2.45) is 17.1 Å². The monoisotopic (exact) mass is 289 g/mol. The summed E-state index contributed by atoms with van der Waals surface area (Å²) in [7, 11) is -3.33. The van der Waals surface area contributed by atoms with Crippen LogP contribution in [0.3, 0.4) is 0 Å².